The lowest BCUT2D eigenvalue weighted by Crippen LogP contribution is -2.31. The minimum absolute atomic E-state index is 0.184. The van der Waals surface area contributed by atoms with Crippen molar-refractivity contribution in [3.05, 3.63) is 11.9 Å². The highest BCUT2D eigenvalue weighted by Gasteiger charge is 2.10. The minimum Gasteiger partial charge on any atom is -0.352 e. The van der Waals surface area contributed by atoms with Crippen LogP contribution in [0.2, 0.25) is 0 Å². The molecule has 0 aliphatic rings. The predicted octanol–water partition coefficient (Wildman–Crippen LogP) is 0.975. The van der Waals surface area contributed by atoms with Crippen LogP contribution in [0.4, 0.5) is 5.95 Å². The number of nitrogens with zero attached hydrogens (tertiary/aromatic N) is 3. The van der Waals surface area contributed by atoms with Gasteiger partial charge in [-0.2, -0.15) is 0 Å². The highest BCUT2D eigenvalue weighted by molar-refractivity contribution is 5.30. The monoisotopic (exact) mass is 270 g/mol. The Labute approximate surface area is 115 Å². The quantitative estimate of drug-likeness (QED) is 0.678. The lowest BCUT2D eigenvalue weighted by molar-refractivity contribution is -0.133. The van der Waals surface area contributed by atoms with Crippen molar-refractivity contribution >= 4 is 5.95 Å². The van der Waals surface area contributed by atoms with Gasteiger partial charge in [0.1, 0.15) is 0 Å². The lowest BCUT2D eigenvalue weighted by Gasteiger charge is -2.18. The molecule has 6 heteroatoms. The summed E-state index contributed by atoms with van der Waals surface area (Å²) in [4.78, 5) is 6.36. The molecule has 0 saturated heterocycles. The molecular weight excluding hydrogens is 244 g/mol. The second kappa shape index (κ2) is 8.14. The van der Waals surface area contributed by atoms with Gasteiger partial charge < -0.3 is 24.3 Å². The van der Waals surface area contributed by atoms with Crippen LogP contribution >= 0.6 is 0 Å². The van der Waals surface area contributed by atoms with Gasteiger partial charge in [-0.1, -0.05) is 0 Å². The number of ether oxygens (including phenoxy) is 2. The van der Waals surface area contributed by atoms with E-state index in [0.717, 1.165) is 18.2 Å². The van der Waals surface area contributed by atoms with E-state index in [1.54, 1.807) is 0 Å². The van der Waals surface area contributed by atoms with Crippen LogP contribution in [0.5, 0.6) is 0 Å². The van der Waals surface area contributed by atoms with Gasteiger partial charge in [0.2, 0.25) is 5.95 Å². The molecule has 0 aliphatic heterocycles. The van der Waals surface area contributed by atoms with Crippen molar-refractivity contribution < 1.29 is 9.47 Å². The molecule has 0 radical (unpaired) electrons. The van der Waals surface area contributed by atoms with E-state index >= 15 is 0 Å². The molecule has 110 valence electrons. The van der Waals surface area contributed by atoms with Crippen molar-refractivity contribution in [2.24, 2.45) is 7.05 Å². The van der Waals surface area contributed by atoms with Gasteiger partial charge in [0.15, 0.2) is 6.29 Å². The number of aromatic nitrogens is 2. The van der Waals surface area contributed by atoms with Crippen LogP contribution in [0.1, 0.15) is 19.5 Å². The Morgan fingerprint density at radius 2 is 1.95 bits per heavy atom. The number of hydrogen-bond acceptors (Lipinski definition) is 5. The zero-order chi connectivity index (χ0) is 14.3. The van der Waals surface area contributed by atoms with E-state index in [9.17, 15) is 0 Å². The number of anilines is 1. The highest BCUT2D eigenvalue weighted by atomic mass is 16.7. The standard InChI is InChI=1S/C13H26N4O2/c1-6-18-12(19-7-2)10-14-8-11-9-15-13(16(3)4)17(11)5/h9,12,14H,6-8,10H2,1-5H3. The van der Waals surface area contributed by atoms with E-state index in [0.29, 0.717) is 19.8 Å². The zero-order valence-corrected chi connectivity index (χ0v) is 12.6. The Hall–Kier alpha value is -1.11. The molecule has 19 heavy (non-hydrogen) atoms. The van der Waals surface area contributed by atoms with E-state index in [1.165, 1.54) is 0 Å². The summed E-state index contributed by atoms with van der Waals surface area (Å²) < 4.78 is 13.0. The molecule has 0 atom stereocenters. The molecule has 1 rings (SSSR count). The van der Waals surface area contributed by atoms with Crippen LogP contribution in [-0.4, -0.2) is 49.7 Å². The van der Waals surface area contributed by atoms with Crippen LogP contribution < -0.4 is 10.2 Å². The van der Waals surface area contributed by atoms with Gasteiger partial charge in [-0.05, 0) is 13.8 Å². The number of hydrogen-bond donors (Lipinski definition) is 1. The molecule has 0 bridgehead atoms. The SMILES string of the molecule is CCOC(CNCc1cnc(N(C)C)n1C)OCC. The van der Waals surface area contributed by atoms with Gasteiger partial charge in [0.05, 0.1) is 11.9 Å². The third-order valence-electron chi connectivity index (χ3n) is 2.78. The smallest absolute Gasteiger partial charge is 0.204 e. The average molecular weight is 270 g/mol. The molecule has 0 fully saturated rings. The van der Waals surface area contributed by atoms with Crippen molar-refractivity contribution in [2.45, 2.75) is 26.7 Å². The van der Waals surface area contributed by atoms with E-state index < -0.39 is 0 Å². The van der Waals surface area contributed by atoms with Crippen molar-refractivity contribution in [2.75, 3.05) is 38.8 Å². The molecule has 0 spiro atoms. The van der Waals surface area contributed by atoms with Crippen molar-refractivity contribution in [1.29, 1.82) is 0 Å². The molecule has 0 aliphatic carbocycles. The first-order valence-corrected chi connectivity index (χ1v) is 6.71. The summed E-state index contributed by atoms with van der Waals surface area (Å²) in [6.07, 6.45) is 1.70. The van der Waals surface area contributed by atoms with Crippen LogP contribution in [0.25, 0.3) is 0 Å². The summed E-state index contributed by atoms with van der Waals surface area (Å²) in [5.74, 6) is 0.947. The maximum absolute atomic E-state index is 5.48. The fourth-order valence-corrected chi connectivity index (χ4v) is 1.87. The van der Waals surface area contributed by atoms with Crippen molar-refractivity contribution in [3.8, 4) is 0 Å². The molecule has 0 unspecified atom stereocenters. The molecule has 1 heterocycles. The summed E-state index contributed by atoms with van der Waals surface area (Å²) in [6, 6.07) is 0. The molecule has 1 aromatic heterocycles. The third kappa shape index (κ3) is 4.81. The fraction of sp³-hybridized carbons (Fsp3) is 0.769. The summed E-state index contributed by atoms with van der Waals surface area (Å²) in [7, 11) is 5.99. The van der Waals surface area contributed by atoms with Crippen LogP contribution in [0.15, 0.2) is 6.20 Å². The lowest BCUT2D eigenvalue weighted by atomic mass is 10.4. The van der Waals surface area contributed by atoms with Gasteiger partial charge in [-0.3, -0.25) is 0 Å². The highest BCUT2D eigenvalue weighted by Crippen LogP contribution is 2.10. The summed E-state index contributed by atoms with van der Waals surface area (Å²) in [5.41, 5.74) is 1.13. The first-order valence-electron chi connectivity index (χ1n) is 6.71. The topological polar surface area (TPSA) is 51.5 Å². The van der Waals surface area contributed by atoms with Gasteiger partial charge in [0.25, 0.3) is 0 Å². The maximum Gasteiger partial charge on any atom is 0.204 e. The van der Waals surface area contributed by atoms with E-state index in [2.05, 4.69) is 14.9 Å². The van der Waals surface area contributed by atoms with Crippen LogP contribution in [0, 0.1) is 0 Å². The predicted molar refractivity (Wildman–Crippen MR) is 76.3 cm³/mol. The van der Waals surface area contributed by atoms with Gasteiger partial charge in [-0.25, -0.2) is 4.98 Å². The van der Waals surface area contributed by atoms with Crippen LogP contribution in [-0.2, 0) is 23.1 Å². The van der Waals surface area contributed by atoms with Gasteiger partial charge >= 0.3 is 0 Å². The van der Waals surface area contributed by atoms with Gasteiger partial charge in [0, 0.05) is 47.4 Å². The fourth-order valence-electron chi connectivity index (χ4n) is 1.87. The molecule has 0 amide bonds. The minimum atomic E-state index is -0.184. The normalized spacial score (nSPS) is 11.3. The number of imidazole rings is 1. The summed E-state index contributed by atoms with van der Waals surface area (Å²) in [5, 5.41) is 3.34. The Morgan fingerprint density at radius 3 is 2.42 bits per heavy atom. The van der Waals surface area contributed by atoms with E-state index in [4.69, 9.17) is 9.47 Å². The first-order chi connectivity index (χ1) is 9.10. The molecule has 6 nitrogen and oxygen atoms in total. The first kappa shape index (κ1) is 15.9. The van der Waals surface area contributed by atoms with Gasteiger partial charge in [-0.15, -0.1) is 0 Å². The number of nitrogens with one attached hydrogen (secondary N) is 1. The van der Waals surface area contributed by atoms with E-state index in [1.807, 2.05) is 46.1 Å². The Bertz CT molecular complexity index is 360. The largest absolute Gasteiger partial charge is 0.352 e. The summed E-state index contributed by atoms with van der Waals surface area (Å²) in [6.45, 7) is 6.66. The molecule has 1 N–H and O–H groups in total. The second-order valence-corrected chi connectivity index (χ2v) is 4.47. The zero-order valence-electron chi connectivity index (χ0n) is 12.6. The van der Waals surface area contributed by atoms with Crippen molar-refractivity contribution in [1.82, 2.24) is 14.9 Å². The van der Waals surface area contributed by atoms with Crippen LogP contribution in [0.3, 0.4) is 0 Å². The Morgan fingerprint density at radius 1 is 1.32 bits per heavy atom. The van der Waals surface area contributed by atoms with E-state index in [-0.39, 0.29) is 6.29 Å². The van der Waals surface area contributed by atoms with Crippen molar-refractivity contribution in [3.63, 3.8) is 0 Å². The molecule has 1 aromatic rings. The Kier molecular flexibility index (Phi) is 6.83. The Balaban J connectivity index is 2.43. The summed E-state index contributed by atoms with van der Waals surface area (Å²) >= 11 is 0. The number of rotatable bonds is 9. The average Bonchev–Trinajstić information content (AvgIpc) is 2.72. The second-order valence-electron chi connectivity index (χ2n) is 4.47. The molecular formula is C13H26N4O2. The third-order valence-corrected chi connectivity index (χ3v) is 2.78. The maximum atomic E-state index is 5.48. The molecule has 0 aromatic carbocycles. The molecule has 0 saturated carbocycles.